The lowest BCUT2D eigenvalue weighted by molar-refractivity contribution is -0.127. The van der Waals surface area contributed by atoms with Crippen molar-refractivity contribution < 1.29 is 28.6 Å². The maximum Gasteiger partial charge on any atom is 0.358 e. The van der Waals surface area contributed by atoms with E-state index in [1.165, 1.54) is 37.0 Å². The Balaban J connectivity index is 1.80. The average Bonchev–Trinajstić information content (AvgIpc) is 3.28. The fourth-order valence-electron chi connectivity index (χ4n) is 4.70. The minimum absolute atomic E-state index is 0.00552. The van der Waals surface area contributed by atoms with Crippen molar-refractivity contribution in [3.8, 4) is 11.5 Å². The number of methoxy groups -OCH3 is 3. The smallest absolute Gasteiger partial charge is 0.358 e. The van der Waals surface area contributed by atoms with Crippen molar-refractivity contribution >= 4 is 23.5 Å². The van der Waals surface area contributed by atoms with Gasteiger partial charge in [0.05, 0.1) is 33.6 Å². The van der Waals surface area contributed by atoms with Crippen LogP contribution in [0.4, 0.5) is 5.69 Å². The van der Waals surface area contributed by atoms with Gasteiger partial charge in [-0.1, -0.05) is 19.3 Å². The normalized spacial score (nSPS) is 20.5. The molecule has 1 aliphatic heterocycles. The molecule has 2 aromatic rings. The number of ether oxygens (including phenoxy) is 3. The zero-order chi connectivity index (χ0) is 24.5. The Labute approximate surface area is 198 Å². The van der Waals surface area contributed by atoms with Crippen LogP contribution in [0.2, 0.25) is 0 Å². The second-order valence-electron chi connectivity index (χ2n) is 8.86. The van der Waals surface area contributed by atoms with E-state index < -0.39 is 17.4 Å². The fraction of sp³-hybridized carbons (Fsp3) is 0.500. The third kappa shape index (κ3) is 4.20. The number of hydrogen-bond acceptors (Lipinski definition) is 7. The zero-order valence-electron chi connectivity index (χ0n) is 19.9. The molecule has 1 atom stereocenters. The van der Waals surface area contributed by atoms with Crippen molar-refractivity contribution in [2.75, 3.05) is 26.2 Å². The van der Waals surface area contributed by atoms with Crippen molar-refractivity contribution in [2.45, 2.75) is 57.2 Å². The third-order valence-electron chi connectivity index (χ3n) is 6.57. The number of carbonyl (C=O) groups excluding carboxylic acids is 3. The molecule has 0 saturated heterocycles. The molecule has 34 heavy (non-hydrogen) atoms. The number of carbonyl (C=O) groups is 3. The van der Waals surface area contributed by atoms with Gasteiger partial charge in [-0.3, -0.25) is 19.2 Å². The lowest BCUT2D eigenvalue weighted by atomic mass is 9.91. The van der Waals surface area contributed by atoms with E-state index in [0.717, 1.165) is 32.1 Å². The summed E-state index contributed by atoms with van der Waals surface area (Å²) in [6.07, 6.45) is 5.09. The van der Waals surface area contributed by atoms with Gasteiger partial charge in [0.1, 0.15) is 22.7 Å². The first-order valence-electron chi connectivity index (χ1n) is 11.4. The van der Waals surface area contributed by atoms with Crippen molar-refractivity contribution in [3.63, 3.8) is 0 Å². The second kappa shape index (κ2) is 9.36. The summed E-state index contributed by atoms with van der Waals surface area (Å²) in [6.45, 7) is 1.76. The molecule has 1 unspecified atom stereocenters. The van der Waals surface area contributed by atoms with Crippen LogP contribution < -0.4 is 19.7 Å². The summed E-state index contributed by atoms with van der Waals surface area (Å²) in [5.74, 6) is -0.448. The van der Waals surface area contributed by atoms with E-state index in [2.05, 4.69) is 10.4 Å². The summed E-state index contributed by atoms with van der Waals surface area (Å²) in [5.41, 5.74) is -0.691. The van der Waals surface area contributed by atoms with Gasteiger partial charge in [-0.25, -0.2) is 4.79 Å². The van der Waals surface area contributed by atoms with Gasteiger partial charge in [0.15, 0.2) is 5.69 Å². The standard InChI is InChI=1S/C24H30N4O6/c1-24(23(31)25-15-8-6-5-7-9-15)14-27-20(13-19(26-27)22(30)34-4)21(29)28(24)16-10-17(32-2)12-18(11-16)33-3/h10-13,15H,5-9,14H2,1-4H3,(H,25,31). The number of aromatic nitrogens is 2. The van der Waals surface area contributed by atoms with Crippen molar-refractivity contribution in [3.05, 3.63) is 35.7 Å². The molecule has 10 nitrogen and oxygen atoms in total. The highest BCUT2D eigenvalue weighted by Gasteiger charge is 2.49. The highest BCUT2D eigenvalue weighted by molar-refractivity contribution is 6.12. The first-order valence-corrected chi connectivity index (χ1v) is 11.4. The summed E-state index contributed by atoms with van der Waals surface area (Å²) in [6, 6.07) is 6.49. The molecule has 2 heterocycles. The maximum absolute atomic E-state index is 13.8. The van der Waals surface area contributed by atoms with Crippen LogP contribution in [0.25, 0.3) is 0 Å². The Hall–Kier alpha value is -3.56. The topological polar surface area (TPSA) is 112 Å². The number of amides is 2. The van der Waals surface area contributed by atoms with E-state index in [1.54, 1.807) is 25.1 Å². The highest BCUT2D eigenvalue weighted by atomic mass is 16.5. The minimum Gasteiger partial charge on any atom is -0.497 e. The van der Waals surface area contributed by atoms with Crippen LogP contribution in [-0.4, -0.2) is 60.5 Å². The van der Waals surface area contributed by atoms with Gasteiger partial charge in [-0.2, -0.15) is 5.10 Å². The monoisotopic (exact) mass is 470 g/mol. The minimum atomic E-state index is -1.32. The van der Waals surface area contributed by atoms with Gasteiger partial charge < -0.3 is 19.5 Å². The SMILES string of the molecule is COC(=O)c1cc2n(n1)CC(C)(C(=O)NC1CCCCC1)N(c1cc(OC)cc(OC)c1)C2=O. The van der Waals surface area contributed by atoms with E-state index >= 15 is 0 Å². The predicted octanol–water partition coefficient (Wildman–Crippen LogP) is 2.55. The first kappa shape index (κ1) is 23.6. The summed E-state index contributed by atoms with van der Waals surface area (Å²) in [4.78, 5) is 41.1. The van der Waals surface area contributed by atoms with Gasteiger partial charge in [0, 0.05) is 30.3 Å². The van der Waals surface area contributed by atoms with Crippen LogP contribution >= 0.6 is 0 Å². The quantitative estimate of drug-likeness (QED) is 0.646. The number of benzene rings is 1. The van der Waals surface area contributed by atoms with Crippen molar-refractivity contribution in [1.29, 1.82) is 0 Å². The van der Waals surface area contributed by atoms with E-state index in [0.29, 0.717) is 17.2 Å². The van der Waals surface area contributed by atoms with Gasteiger partial charge in [0.25, 0.3) is 5.91 Å². The van der Waals surface area contributed by atoms with Crippen LogP contribution in [0.15, 0.2) is 24.3 Å². The number of rotatable bonds is 6. The molecule has 1 fully saturated rings. The second-order valence-corrected chi connectivity index (χ2v) is 8.86. The number of nitrogens with one attached hydrogen (secondary N) is 1. The van der Waals surface area contributed by atoms with Gasteiger partial charge >= 0.3 is 5.97 Å². The molecule has 2 aliphatic rings. The van der Waals surface area contributed by atoms with E-state index in [9.17, 15) is 14.4 Å². The lowest BCUT2D eigenvalue weighted by Crippen LogP contribution is -2.65. The van der Waals surface area contributed by atoms with Crippen LogP contribution in [0.3, 0.4) is 0 Å². The van der Waals surface area contributed by atoms with Crippen LogP contribution in [-0.2, 0) is 16.1 Å². The largest absolute Gasteiger partial charge is 0.497 e. The highest BCUT2D eigenvalue weighted by Crippen LogP contribution is 2.37. The van der Waals surface area contributed by atoms with Gasteiger partial charge in [0.2, 0.25) is 5.91 Å². The number of esters is 1. The molecule has 1 aliphatic carbocycles. The predicted molar refractivity (Wildman–Crippen MR) is 123 cm³/mol. The molecular weight excluding hydrogens is 440 g/mol. The first-order chi connectivity index (χ1) is 16.3. The van der Waals surface area contributed by atoms with Crippen LogP contribution in [0.5, 0.6) is 11.5 Å². The molecular formula is C24H30N4O6. The molecule has 1 aromatic heterocycles. The summed E-state index contributed by atoms with van der Waals surface area (Å²) in [5, 5.41) is 7.41. The number of nitrogens with zero attached hydrogens (tertiary/aromatic N) is 3. The molecule has 0 spiro atoms. The van der Waals surface area contributed by atoms with Crippen molar-refractivity contribution in [1.82, 2.24) is 15.1 Å². The summed E-state index contributed by atoms with van der Waals surface area (Å²) < 4.78 is 17.0. The lowest BCUT2D eigenvalue weighted by Gasteiger charge is -2.44. The zero-order valence-corrected chi connectivity index (χ0v) is 19.9. The molecule has 0 bridgehead atoms. The molecule has 1 saturated carbocycles. The fourth-order valence-corrected chi connectivity index (χ4v) is 4.70. The molecule has 10 heteroatoms. The molecule has 4 rings (SSSR count). The molecule has 1 N–H and O–H groups in total. The van der Waals surface area contributed by atoms with Gasteiger partial charge in [-0.05, 0) is 19.8 Å². The molecule has 182 valence electrons. The molecule has 1 aromatic carbocycles. The van der Waals surface area contributed by atoms with Crippen LogP contribution in [0, 0.1) is 0 Å². The van der Waals surface area contributed by atoms with Crippen molar-refractivity contribution in [2.24, 2.45) is 0 Å². The van der Waals surface area contributed by atoms with Gasteiger partial charge in [-0.15, -0.1) is 0 Å². The van der Waals surface area contributed by atoms with E-state index in [4.69, 9.17) is 14.2 Å². The van der Waals surface area contributed by atoms with E-state index in [1.807, 2.05) is 0 Å². The third-order valence-corrected chi connectivity index (χ3v) is 6.57. The average molecular weight is 471 g/mol. The maximum atomic E-state index is 13.8. The number of anilines is 1. The number of fused-ring (bicyclic) bond motifs is 1. The van der Waals surface area contributed by atoms with Crippen LogP contribution in [0.1, 0.15) is 60.0 Å². The Morgan fingerprint density at radius 2 is 1.68 bits per heavy atom. The Kier molecular flexibility index (Phi) is 6.49. The summed E-state index contributed by atoms with van der Waals surface area (Å²) >= 11 is 0. The summed E-state index contributed by atoms with van der Waals surface area (Å²) in [7, 11) is 4.28. The Morgan fingerprint density at radius 1 is 1.03 bits per heavy atom. The molecule has 2 amide bonds. The van der Waals surface area contributed by atoms with E-state index in [-0.39, 0.29) is 29.9 Å². The number of hydrogen-bond donors (Lipinski definition) is 1. The Morgan fingerprint density at radius 3 is 2.26 bits per heavy atom. The molecule has 0 radical (unpaired) electrons. The Bertz CT molecular complexity index is 1080.